The molecule has 5 nitrogen and oxygen atoms in total. The molecule has 5 unspecified atom stereocenters. The Bertz CT molecular complexity index is 1050. The summed E-state index contributed by atoms with van der Waals surface area (Å²) in [5.41, 5.74) is 2.44. The van der Waals surface area contributed by atoms with Gasteiger partial charge in [0.1, 0.15) is 14.2 Å². The topological polar surface area (TPSA) is 57.2 Å². The summed E-state index contributed by atoms with van der Waals surface area (Å²) in [5, 5.41) is 13.0. The van der Waals surface area contributed by atoms with E-state index in [-0.39, 0.29) is 27.8 Å². The molecular weight excluding hydrogens is 516 g/mol. The predicted molar refractivity (Wildman–Crippen MR) is 160 cm³/mol. The lowest BCUT2D eigenvalue weighted by Gasteiger charge is -2.67. The van der Waals surface area contributed by atoms with Crippen molar-refractivity contribution in [2.24, 2.45) is 39.4 Å². The van der Waals surface area contributed by atoms with Crippen LogP contribution in [-0.4, -0.2) is 63.2 Å². The van der Waals surface area contributed by atoms with Crippen LogP contribution in [0.25, 0.3) is 0 Å². The first-order valence-electron chi connectivity index (χ1n) is 16.3. The van der Waals surface area contributed by atoms with Gasteiger partial charge < -0.3 is 24.1 Å². The zero-order chi connectivity index (χ0) is 28.8. The highest BCUT2D eigenvalue weighted by molar-refractivity contribution is 6.83. The van der Waals surface area contributed by atoms with Crippen LogP contribution in [0.3, 0.4) is 0 Å². The van der Waals surface area contributed by atoms with Crippen molar-refractivity contribution in [2.45, 2.75) is 136 Å². The molecule has 1 N–H and O–H groups in total. The molecule has 4 saturated carbocycles. The van der Waals surface area contributed by atoms with E-state index in [9.17, 15) is 5.11 Å². The van der Waals surface area contributed by atoms with Crippen molar-refractivity contribution in [2.75, 3.05) is 26.4 Å². The summed E-state index contributed by atoms with van der Waals surface area (Å²) < 4.78 is 27.5. The minimum Gasteiger partial charge on any atom is -0.389 e. The lowest BCUT2D eigenvalue weighted by atomic mass is 9.41. The van der Waals surface area contributed by atoms with Gasteiger partial charge in [-0.3, -0.25) is 0 Å². The van der Waals surface area contributed by atoms with E-state index in [0.29, 0.717) is 56.7 Å². The van der Waals surface area contributed by atoms with Crippen LogP contribution >= 0.6 is 0 Å². The third-order valence-corrected chi connectivity index (χ3v) is 13.0. The normalized spacial score (nSPS) is 49.5. The zero-order valence-electron chi connectivity index (χ0n) is 26.7. The fourth-order valence-corrected chi connectivity index (χ4v) is 10.6. The molecule has 0 aromatic carbocycles. The van der Waals surface area contributed by atoms with Crippen molar-refractivity contribution in [1.29, 1.82) is 0 Å². The van der Waals surface area contributed by atoms with Crippen LogP contribution in [0.15, 0.2) is 0 Å². The molecule has 4 aliphatic heterocycles. The Balaban J connectivity index is 1.50. The van der Waals surface area contributed by atoms with E-state index in [1.165, 1.54) is 12.8 Å². The van der Waals surface area contributed by atoms with Crippen LogP contribution in [0.4, 0.5) is 0 Å². The van der Waals surface area contributed by atoms with Crippen molar-refractivity contribution in [1.82, 2.24) is 0 Å². The van der Waals surface area contributed by atoms with Gasteiger partial charge in [-0.25, -0.2) is 0 Å². The van der Waals surface area contributed by atoms with Gasteiger partial charge in [-0.2, -0.15) is 0 Å². The molecule has 6 heteroatoms. The number of rotatable bonds is 1. The van der Waals surface area contributed by atoms with Gasteiger partial charge in [0, 0.05) is 29.1 Å². The molecule has 0 aromatic rings. The van der Waals surface area contributed by atoms with Crippen molar-refractivity contribution >= 4 is 8.07 Å². The average Bonchev–Trinajstić information content (AvgIpc) is 3.13. The molecule has 226 valence electrons. The monoisotopic (exact) mass is 572 g/mol. The molecule has 4 heterocycles. The Morgan fingerprint density at radius 3 is 2.08 bits per heavy atom. The molecule has 0 amide bonds. The summed E-state index contributed by atoms with van der Waals surface area (Å²) in [6, 6.07) is 0. The SMILES string of the molecule is CC1(C)COC2C[C@]3(CC#C[Si](C)(C)C)C4CC[C@]5(C)C6CC[C@@H]5[C@@H]4CCC3(O)CC2(OC1)OCC(C)(C)CO6. The Kier molecular flexibility index (Phi) is 7.07. The smallest absolute Gasteiger partial charge is 0.197 e. The summed E-state index contributed by atoms with van der Waals surface area (Å²) in [7, 11) is -1.55. The van der Waals surface area contributed by atoms with Crippen molar-refractivity contribution in [3.8, 4) is 11.5 Å². The standard InChI is InChI=1S/C34H56O5Si/c1-29(2)20-36-27-11-10-25-24-12-16-33(35)19-34(38-22-29)28(37-21-30(3,4)23-39-34)18-32(33,14-9-17-40(6,7)8)26(24)13-15-31(25,27)5/h24-28,35H,10-16,18-23H2,1-8H3/t24-,25+,26?,27?,28?,31-,32+,33?,34?/m0/s1. The Morgan fingerprint density at radius 1 is 0.775 bits per heavy atom. The quantitative estimate of drug-likeness (QED) is 0.284. The third kappa shape index (κ3) is 4.78. The third-order valence-electron chi connectivity index (χ3n) is 12.1. The zero-order valence-corrected chi connectivity index (χ0v) is 27.7. The largest absolute Gasteiger partial charge is 0.389 e. The molecule has 0 radical (unpaired) electrons. The van der Waals surface area contributed by atoms with Crippen LogP contribution < -0.4 is 0 Å². The van der Waals surface area contributed by atoms with Crippen molar-refractivity contribution in [3.05, 3.63) is 0 Å². The Morgan fingerprint density at radius 2 is 1.43 bits per heavy atom. The number of fused-ring (bicyclic) bond motifs is 1. The second-order valence-electron chi connectivity index (χ2n) is 17.7. The van der Waals surface area contributed by atoms with E-state index >= 15 is 0 Å². The number of hydrogen-bond acceptors (Lipinski definition) is 5. The van der Waals surface area contributed by atoms with Crippen molar-refractivity contribution < 1.29 is 24.1 Å². The lowest BCUT2D eigenvalue weighted by molar-refractivity contribution is -0.361. The maximum Gasteiger partial charge on any atom is 0.197 e. The first-order chi connectivity index (χ1) is 18.5. The molecule has 0 aromatic heterocycles. The number of ether oxygens (including phenoxy) is 4. The molecule has 1 spiro atoms. The predicted octanol–water partition coefficient (Wildman–Crippen LogP) is 6.58. The molecule has 4 aliphatic carbocycles. The van der Waals surface area contributed by atoms with Gasteiger partial charge in [-0.15, -0.1) is 11.5 Å². The summed E-state index contributed by atoms with van der Waals surface area (Å²) in [6.07, 6.45) is 8.69. The van der Waals surface area contributed by atoms with E-state index in [4.69, 9.17) is 18.9 Å². The summed E-state index contributed by atoms with van der Waals surface area (Å²) in [4.78, 5) is 0. The van der Waals surface area contributed by atoms with Gasteiger partial charge in [-0.1, -0.05) is 54.3 Å². The number of hydrogen-bond donors (Lipinski definition) is 1. The fraction of sp³-hybridized carbons (Fsp3) is 0.941. The summed E-state index contributed by atoms with van der Waals surface area (Å²) in [6.45, 7) is 20.8. The van der Waals surface area contributed by atoms with E-state index in [2.05, 4.69) is 65.7 Å². The number of aliphatic hydroxyl groups is 1. The minimum absolute atomic E-state index is 0.109. The lowest BCUT2D eigenvalue weighted by Crippen LogP contribution is -2.71. The molecule has 8 fully saturated rings. The van der Waals surface area contributed by atoms with Gasteiger partial charge in [0.05, 0.1) is 38.1 Å². The van der Waals surface area contributed by atoms with Crippen LogP contribution in [0, 0.1) is 50.9 Å². The van der Waals surface area contributed by atoms with E-state index in [1.54, 1.807) is 0 Å². The fourth-order valence-electron chi connectivity index (χ4n) is 9.94. The van der Waals surface area contributed by atoms with Crippen LogP contribution in [0.2, 0.25) is 19.6 Å². The second-order valence-corrected chi connectivity index (χ2v) is 22.4. The summed E-state index contributed by atoms with van der Waals surface area (Å²) >= 11 is 0. The Labute approximate surface area is 244 Å². The highest BCUT2D eigenvalue weighted by Crippen LogP contribution is 2.70. The van der Waals surface area contributed by atoms with E-state index in [0.717, 1.165) is 38.5 Å². The van der Waals surface area contributed by atoms with E-state index < -0.39 is 19.5 Å². The molecule has 9 atom stereocenters. The second kappa shape index (κ2) is 9.54. The first-order valence-corrected chi connectivity index (χ1v) is 19.8. The summed E-state index contributed by atoms with van der Waals surface area (Å²) in [5.74, 6) is 4.47. The maximum atomic E-state index is 13.0. The highest BCUT2D eigenvalue weighted by Gasteiger charge is 2.71. The molecule has 40 heavy (non-hydrogen) atoms. The molecular formula is C34H56O5Si. The first kappa shape index (κ1) is 29.6. The van der Waals surface area contributed by atoms with Crippen LogP contribution in [-0.2, 0) is 18.9 Å². The molecule has 8 aliphatic rings. The van der Waals surface area contributed by atoms with E-state index in [1.807, 2.05) is 0 Å². The van der Waals surface area contributed by atoms with Gasteiger partial charge in [0.2, 0.25) is 0 Å². The maximum absolute atomic E-state index is 13.0. The molecule has 8 rings (SSSR count). The molecule has 8 bridgehead atoms. The van der Waals surface area contributed by atoms with Gasteiger partial charge >= 0.3 is 0 Å². The van der Waals surface area contributed by atoms with Crippen LogP contribution in [0.1, 0.15) is 92.4 Å². The highest BCUT2D eigenvalue weighted by atomic mass is 28.3. The van der Waals surface area contributed by atoms with Gasteiger partial charge in [0.25, 0.3) is 0 Å². The minimum atomic E-state index is -1.55. The van der Waals surface area contributed by atoms with Crippen molar-refractivity contribution in [3.63, 3.8) is 0 Å². The van der Waals surface area contributed by atoms with Gasteiger partial charge in [-0.05, 0) is 68.1 Å². The Hall–Kier alpha value is -0.423. The average molecular weight is 573 g/mol. The van der Waals surface area contributed by atoms with Gasteiger partial charge in [0.15, 0.2) is 5.79 Å². The molecule has 4 saturated heterocycles. The van der Waals surface area contributed by atoms with Crippen LogP contribution in [0.5, 0.6) is 0 Å².